The largest absolute Gasteiger partial charge is 0.480 e. The first-order valence-corrected chi connectivity index (χ1v) is 12.8. The van der Waals surface area contributed by atoms with Crippen molar-refractivity contribution in [2.24, 2.45) is 21.6 Å². The number of ether oxygens (including phenoxy) is 2. The minimum Gasteiger partial charge on any atom is -0.480 e. The van der Waals surface area contributed by atoms with Crippen LogP contribution in [-0.2, 0) is 9.47 Å². The molecule has 1 heterocycles. The van der Waals surface area contributed by atoms with E-state index >= 15 is 0 Å². The Kier molecular flexibility index (Phi) is 10.5. The lowest BCUT2D eigenvalue weighted by Gasteiger charge is -2.31. The predicted molar refractivity (Wildman–Crippen MR) is 157 cm³/mol. The number of aliphatic imine (C=N–C) groups is 1. The molecule has 1 aliphatic carbocycles. The minimum absolute atomic E-state index is 0.122. The van der Waals surface area contributed by atoms with Gasteiger partial charge in [-0.25, -0.2) is 4.99 Å². The van der Waals surface area contributed by atoms with Gasteiger partial charge in [-0.15, -0.1) is 0 Å². The number of nitrogens with two attached hydrogens (primary N) is 2. The van der Waals surface area contributed by atoms with Gasteiger partial charge < -0.3 is 25.8 Å². The third-order valence-electron chi connectivity index (χ3n) is 6.19. The van der Waals surface area contributed by atoms with E-state index < -0.39 is 0 Å². The van der Waals surface area contributed by atoms with Crippen molar-refractivity contribution in [2.45, 2.75) is 32.8 Å². The summed E-state index contributed by atoms with van der Waals surface area (Å²) in [6.45, 7) is 9.48. The third-order valence-corrected chi connectivity index (χ3v) is 6.19. The Labute approximate surface area is 226 Å². The van der Waals surface area contributed by atoms with Crippen LogP contribution in [-0.4, -0.2) is 55.3 Å². The van der Waals surface area contributed by atoms with Gasteiger partial charge in [0.05, 0.1) is 32.5 Å². The number of hydrazone groups is 1. The average Bonchev–Trinajstić information content (AvgIpc) is 3.20. The number of benzene rings is 1. The number of amidine groups is 1. The fourth-order valence-corrected chi connectivity index (χ4v) is 4.34. The summed E-state index contributed by atoms with van der Waals surface area (Å²) in [4.78, 5) is 6.53. The lowest BCUT2D eigenvalue weighted by molar-refractivity contribution is -0.0291. The van der Waals surface area contributed by atoms with E-state index in [-0.39, 0.29) is 11.9 Å². The average molecular weight is 517 g/mol. The Hall–Kier alpha value is -4.04. The second kappa shape index (κ2) is 14.0. The van der Waals surface area contributed by atoms with Crippen LogP contribution in [0.4, 0.5) is 0 Å². The number of methoxy groups -OCH3 is 1. The lowest BCUT2D eigenvalue weighted by atomic mass is 9.98. The van der Waals surface area contributed by atoms with E-state index in [1.807, 2.05) is 43.1 Å². The molecule has 8 heteroatoms. The summed E-state index contributed by atoms with van der Waals surface area (Å²) in [6, 6.07) is 8.51. The van der Waals surface area contributed by atoms with Gasteiger partial charge in [-0.1, -0.05) is 62.1 Å². The van der Waals surface area contributed by atoms with Gasteiger partial charge in [0.1, 0.15) is 11.8 Å². The molecule has 0 aromatic heterocycles. The molecule has 0 bridgehead atoms. The number of hydrogen-bond acceptors (Lipinski definition) is 7. The minimum atomic E-state index is -0.122. The Morgan fingerprint density at radius 1 is 1.29 bits per heavy atom. The fraction of sp³-hybridized carbons (Fsp3) is 0.333. The highest BCUT2D eigenvalue weighted by molar-refractivity contribution is 6.45. The van der Waals surface area contributed by atoms with Crippen LogP contribution in [0, 0.1) is 0 Å². The van der Waals surface area contributed by atoms with Crippen LogP contribution in [0.1, 0.15) is 43.9 Å². The van der Waals surface area contributed by atoms with Crippen molar-refractivity contribution in [3.8, 4) is 0 Å². The van der Waals surface area contributed by atoms with E-state index in [2.05, 4.69) is 65.2 Å². The number of nitrogens with zero attached hydrogens (tertiary/aromatic N) is 4. The summed E-state index contributed by atoms with van der Waals surface area (Å²) in [7, 11) is 3.48. The lowest BCUT2D eigenvalue weighted by Crippen LogP contribution is -2.37. The molecular weight excluding hydrogens is 476 g/mol. The maximum Gasteiger partial charge on any atom is 0.233 e. The normalized spacial score (nSPS) is 19.5. The molecule has 1 saturated heterocycles. The van der Waals surface area contributed by atoms with Crippen molar-refractivity contribution in [2.75, 3.05) is 33.9 Å². The highest BCUT2D eigenvalue weighted by Crippen LogP contribution is 2.27. The van der Waals surface area contributed by atoms with Gasteiger partial charge in [-0.05, 0) is 48.6 Å². The molecule has 202 valence electrons. The van der Waals surface area contributed by atoms with Crippen LogP contribution in [0.2, 0.25) is 0 Å². The zero-order valence-corrected chi connectivity index (χ0v) is 22.9. The van der Waals surface area contributed by atoms with E-state index in [1.54, 1.807) is 13.2 Å². The standard InChI is InChI=1S/C30H40N6O2/c1-6-26(33-30(37-5)27(7-2)35(4)20-22(3)31)29(32)34-36-17-18-38-28(21-36)25-16-12-15-24(19-25)23-13-10-8-9-11-14-23/h6,8-13,15-16,19-20,28H,1,7,14,17-18,21,31H2,2-5H3,(H2,32,34)/b22-20-,30-27-,33-26+/t28-/m0/s1. The van der Waals surface area contributed by atoms with Crippen LogP contribution < -0.4 is 11.5 Å². The van der Waals surface area contributed by atoms with Crippen molar-refractivity contribution in [3.05, 3.63) is 102 Å². The number of rotatable bonds is 10. The molecule has 4 N–H and O–H groups in total. The molecule has 1 atom stereocenters. The Morgan fingerprint density at radius 3 is 2.82 bits per heavy atom. The first-order chi connectivity index (χ1) is 18.4. The molecule has 8 nitrogen and oxygen atoms in total. The van der Waals surface area contributed by atoms with Crippen molar-refractivity contribution in [1.82, 2.24) is 9.91 Å². The highest BCUT2D eigenvalue weighted by atomic mass is 16.5. The summed E-state index contributed by atoms with van der Waals surface area (Å²) < 4.78 is 11.7. The predicted octanol–water partition coefficient (Wildman–Crippen LogP) is 4.84. The Morgan fingerprint density at radius 2 is 2.11 bits per heavy atom. The molecule has 1 fully saturated rings. The summed E-state index contributed by atoms with van der Waals surface area (Å²) in [5.41, 5.74) is 17.8. The maximum absolute atomic E-state index is 6.40. The molecule has 1 aromatic carbocycles. The van der Waals surface area contributed by atoms with Gasteiger partial charge >= 0.3 is 0 Å². The zero-order chi connectivity index (χ0) is 27.5. The number of allylic oxidation sites excluding steroid dienone is 8. The highest BCUT2D eigenvalue weighted by Gasteiger charge is 2.22. The van der Waals surface area contributed by atoms with Gasteiger partial charge in [-0.3, -0.25) is 5.01 Å². The summed E-state index contributed by atoms with van der Waals surface area (Å²) in [5, 5.41) is 6.59. The van der Waals surface area contributed by atoms with Crippen LogP contribution in [0.25, 0.3) is 5.57 Å². The van der Waals surface area contributed by atoms with Crippen molar-refractivity contribution in [3.63, 3.8) is 0 Å². The molecule has 0 amide bonds. The van der Waals surface area contributed by atoms with Crippen LogP contribution in [0.3, 0.4) is 0 Å². The number of hydrogen-bond donors (Lipinski definition) is 2. The van der Waals surface area contributed by atoms with E-state index in [4.69, 9.17) is 20.9 Å². The molecule has 0 unspecified atom stereocenters. The zero-order valence-electron chi connectivity index (χ0n) is 22.9. The van der Waals surface area contributed by atoms with Crippen LogP contribution >= 0.6 is 0 Å². The summed E-state index contributed by atoms with van der Waals surface area (Å²) in [6.07, 6.45) is 15.4. The van der Waals surface area contributed by atoms with Crippen molar-refractivity contribution < 1.29 is 9.47 Å². The molecular formula is C30H40N6O2. The van der Waals surface area contributed by atoms with Crippen LogP contribution in [0.15, 0.2) is 101 Å². The SMILES string of the molecule is C=CC(=N\C(OC)=C(/CC)N(C)/C=C(/C)N)/C(N)=N/N1CCO[C@H](c2cccc(C3=CC=CC=CC3)c2)C1. The van der Waals surface area contributed by atoms with E-state index in [0.29, 0.717) is 43.4 Å². The second-order valence-corrected chi connectivity index (χ2v) is 9.09. The molecule has 0 spiro atoms. The van der Waals surface area contributed by atoms with E-state index in [9.17, 15) is 0 Å². The topological polar surface area (TPSA) is 102 Å². The second-order valence-electron chi connectivity index (χ2n) is 9.09. The molecule has 2 aliphatic rings. The summed E-state index contributed by atoms with van der Waals surface area (Å²) >= 11 is 0. The smallest absolute Gasteiger partial charge is 0.233 e. The molecule has 0 saturated carbocycles. The molecule has 3 rings (SSSR count). The maximum atomic E-state index is 6.40. The molecule has 0 radical (unpaired) electrons. The summed E-state index contributed by atoms with van der Waals surface area (Å²) in [5.74, 6) is 0.685. The first kappa shape index (κ1) is 28.5. The van der Waals surface area contributed by atoms with Gasteiger partial charge in [0.2, 0.25) is 5.88 Å². The van der Waals surface area contributed by atoms with Crippen molar-refractivity contribution >= 4 is 17.1 Å². The quantitative estimate of drug-likeness (QED) is 0.262. The molecule has 1 aliphatic heterocycles. The van der Waals surface area contributed by atoms with Gasteiger partial charge in [0.25, 0.3) is 0 Å². The molecule has 1 aromatic rings. The van der Waals surface area contributed by atoms with Gasteiger partial charge in [0.15, 0.2) is 5.84 Å². The van der Waals surface area contributed by atoms with Gasteiger partial charge in [0, 0.05) is 18.9 Å². The monoisotopic (exact) mass is 516 g/mol. The van der Waals surface area contributed by atoms with Crippen LogP contribution in [0.5, 0.6) is 0 Å². The van der Waals surface area contributed by atoms with E-state index in [0.717, 1.165) is 17.7 Å². The fourth-order valence-electron chi connectivity index (χ4n) is 4.34. The number of morpholine rings is 1. The van der Waals surface area contributed by atoms with Crippen molar-refractivity contribution in [1.29, 1.82) is 0 Å². The Bertz CT molecular complexity index is 1200. The third kappa shape index (κ3) is 7.73. The Balaban J connectivity index is 1.81. The van der Waals surface area contributed by atoms with E-state index in [1.165, 1.54) is 11.1 Å². The first-order valence-electron chi connectivity index (χ1n) is 12.8. The molecule has 38 heavy (non-hydrogen) atoms. The van der Waals surface area contributed by atoms with Gasteiger partial charge in [-0.2, -0.15) is 5.10 Å².